The Labute approximate surface area is 173 Å². The summed E-state index contributed by atoms with van der Waals surface area (Å²) in [4.78, 5) is 16.5. The molecule has 0 bridgehead atoms. The monoisotopic (exact) mass is 413 g/mol. The van der Waals surface area contributed by atoms with E-state index in [4.69, 9.17) is 9.47 Å². The Kier molecular flexibility index (Phi) is 6.71. The molecule has 0 saturated carbocycles. The van der Waals surface area contributed by atoms with Crippen LogP contribution in [0.5, 0.6) is 11.5 Å². The minimum absolute atomic E-state index is 0.0850. The van der Waals surface area contributed by atoms with Crippen molar-refractivity contribution >= 4 is 17.7 Å². The summed E-state index contributed by atoms with van der Waals surface area (Å²) in [5.74, 6) is 1.93. The zero-order valence-corrected chi connectivity index (χ0v) is 17.6. The lowest BCUT2D eigenvalue weighted by Gasteiger charge is -2.13. The van der Waals surface area contributed by atoms with Crippen molar-refractivity contribution in [2.24, 2.45) is 7.05 Å². The van der Waals surface area contributed by atoms with E-state index in [-0.39, 0.29) is 11.2 Å². The van der Waals surface area contributed by atoms with Crippen molar-refractivity contribution in [2.45, 2.75) is 23.9 Å². The molecule has 0 aliphatic carbocycles. The molecule has 0 radical (unpaired) electrons. The molecule has 0 unspecified atom stereocenters. The topological polar surface area (TPSA) is 91.2 Å². The number of nitrogens with one attached hydrogen (secondary N) is 1. The Morgan fingerprint density at radius 2 is 1.86 bits per heavy atom. The SMILES string of the molecule is COc1ccc(CNC(=O)[C@H](C)Sc2nnc(-c3ccncc3)n2C)cc1OC. The van der Waals surface area contributed by atoms with Crippen LogP contribution in [0.4, 0.5) is 0 Å². The van der Waals surface area contributed by atoms with Gasteiger partial charge in [-0.05, 0) is 36.8 Å². The standard InChI is InChI=1S/C20H23N5O3S/c1-13(19(26)22-12-14-5-6-16(27-3)17(11-14)28-4)29-20-24-23-18(25(20)2)15-7-9-21-10-8-15/h5-11,13H,12H2,1-4H3,(H,22,26)/t13-/m0/s1. The maximum absolute atomic E-state index is 12.5. The molecule has 0 aliphatic rings. The van der Waals surface area contributed by atoms with Crippen molar-refractivity contribution in [2.75, 3.05) is 14.2 Å². The third-order valence-electron chi connectivity index (χ3n) is 4.34. The largest absolute Gasteiger partial charge is 0.493 e. The van der Waals surface area contributed by atoms with Gasteiger partial charge in [0.25, 0.3) is 0 Å². The smallest absolute Gasteiger partial charge is 0.233 e. The number of thioether (sulfide) groups is 1. The van der Waals surface area contributed by atoms with Gasteiger partial charge in [0.15, 0.2) is 22.5 Å². The first-order valence-electron chi connectivity index (χ1n) is 8.98. The number of carbonyl (C=O) groups excluding carboxylic acids is 1. The molecule has 1 atom stereocenters. The van der Waals surface area contributed by atoms with E-state index in [0.29, 0.717) is 23.2 Å². The summed E-state index contributed by atoms with van der Waals surface area (Å²) in [5.41, 5.74) is 1.85. The Morgan fingerprint density at radius 1 is 1.14 bits per heavy atom. The first-order valence-corrected chi connectivity index (χ1v) is 9.86. The minimum atomic E-state index is -0.330. The third-order valence-corrected chi connectivity index (χ3v) is 5.47. The molecule has 2 heterocycles. The summed E-state index contributed by atoms with van der Waals surface area (Å²) < 4.78 is 12.4. The van der Waals surface area contributed by atoms with Crippen molar-refractivity contribution in [3.63, 3.8) is 0 Å². The summed E-state index contributed by atoms with van der Waals surface area (Å²) in [6, 6.07) is 9.30. The van der Waals surface area contributed by atoms with Gasteiger partial charge in [0.1, 0.15) is 0 Å². The van der Waals surface area contributed by atoms with E-state index in [0.717, 1.165) is 17.0 Å². The molecule has 0 saturated heterocycles. The third kappa shape index (κ3) is 4.86. The highest BCUT2D eigenvalue weighted by Crippen LogP contribution is 2.28. The second kappa shape index (κ2) is 9.42. The van der Waals surface area contributed by atoms with E-state index in [2.05, 4.69) is 20.5 Å². The predicted molar refractivity (Wildman–Crippen MR) is 111 cm³/mol. The van der Waals surface area contributed by atoms with Crippen molar-refractivity contribution in [1.29, 1.82) is 0 Å². The molecule has 3 rings (SSSR count). The lowest BCUT2D eigenvalue weighted by molar-refractivity contribution is -0.120. The van der Waals surface area contributed by atoms with Crippen molar-refractivity contribution in [1.82, 2.24) is 25.1 Å². The second-order valence-electron chi connectivity index (χ2n) is 6.27. The van der Waals surface area contributed by atoms with Crippen molar-refractivity contribution in [3.8, 4) is 22.9 Å². The number of aromatic nitrogens is 4. The molecule has 0 aliphatic heterocycles. The molecule has 29 heavy (non-hydrogen) atoms. The first kappa shape index (κ1) is 20.7. The first-order chi connectivity index (χ1) is 14.0. The van der Waals surface area contributed by atoms with Gasteiger partial charge in [0, 0.05) is 31.5 Å². The van der Waals surface area contributed by atoms with Gasteiger partial charge in [-0.1, -0.05) is 17.8 Å². The normalized spacial score (nSPS) is 11.7. The summed E-state index contributed by atoms with van der Waals surface area (Å²) in [7, 11) is 5.05. The highest BCUT2D eigenvalue weighted by molar-refractivity contribution is 8.00. The summed E-state index contributed by atoms with van der Waals surface area (Å²) >= 11 is 1.36. The molecular formula is C20H23N5O3S. The highest BCUT2D eigenvalue weighted by atomic mass is 32.2. The fraction of sp³-hybridized carbons (Fsp3) is 0.300. The predicted octanol–water partition coefficient (Wildman–Crippen LogP) is 2.69. The minimum Gasteiger partial charge on any atom is -0.493 e. The molecule has 152 valence electrons. The average molecular weight is 414 g/mol. The molecule has 0 fully saturated rings. The number of rotatable bonds is 8. The maximum Gasteiger partial charge on any atom is 0.233 e. The molecule has 2 aromatic heterocycles. The van der Waals surface area contributed by atoms with E-state index in [9.17, 15) is 4.79 Å². The fourth-order valence-corrected chi connectivity index (χ4v) is 3.54. The molecule has 1 N–H and O–H groups in total. The van der Waals surface area contributed by atoms with Gasteiger partial charge in [0.05, 0.1) is 19.5 Å². The van der Waals surface area contributed by atoms with Crippen molar-refractivity contribution < 1.29 is 14.3 Å². The van der Waals surface area contributed by atoms with E-state index in [1.807, 2.05) is 48.9 Å². The fourth-order valence-electron chi connectivity index (χ4n) is 2.71. The van der Waals surface area contributed by atoms with Crippen LogP contribution >= 0.6 is 11.8 Å². The second-order valence-corrected chi connectivity index (χ2v) is 7.58. The van der Waals surface area contributed by atoms with E-state index < -0.39 is 0 Å². The summed E-state index contributed by atoms with van der Waals surface area (Å²) in [5, 5.41) is 11.7. The number of methoxy groups -OCH3 is 2. The van der Waals surface area contributed by atoms with Crippen LogP contribution in [0.1, 0.15) is 12.5 Å². The van der Waals surface area contributed by atoms with Crippen LogP contribution in [0, 0.1) is 0 Å². The van der Waals surface area contributed by atoms with Gasteiger partial charge in [-0.3, -0.25) is 9.78 Å². The molecule has 9 heteroatoms. The Morgan fingerprint density at radius 3 is 2.55 bits per heavy atom. The number of hydrogen-bond donors (Lipinski definition) is 1. The van der Waals surface area contributed by atoms with Crippen LogP contribution in [0.2, 0.25) is 0 Å². The van der Waals surface area contributed by atoms with Gasteiger partial charge in [-0.25, -0.2) is 0 Å². The lowest BCUT2D eigenvalue weighted by Crippen LogP contribution is -2.30. The number of benzene rings is 1. The van der Waals surface area contributed by atoms with E-state index >= 15 is 0 Å². The lowest BCUT2D eigenvalue weighted by atomic mass is 10.2. The Bertz CT molecular complexity index is 978. The molecular weight excluding hydrogens is 390 g/mol. The van der Waals surface area contributed by atoms with Crippen molar-refractivity contribution in [3.05, 3.63) is 48.3 Å². The van der Waals surface area contributed by atoms with E-state index in [1.165, 1.54) is 11.8 Å². The zero-order valence-electron chi connectivity index (χ0n) is 16.7. The molecule has 3 aromatic rings. The molecule has 8 nitrogen and oxygen atoms in total. The quantitative estimate of drug-likeness (QED) is 0.568. The van der Waals surface area contributed by atoms with Crippen LogP contribution < -0.4 is 14.8 Å². The van der Waals surface area contributed by atoms with Crippen LogP contribution in [0.15, 0.2) is 47.9 Å². The van der Waals surface area contributed by atoms with Crippen LogP contribution in [0.25, 0.3) is 11.4 Å². The van der Waals surface area contributed by atoms with Crippen LogP contribution in [0.3, 0.4) is 0 Å². The summed E-state index contributed by atoms with van der Waals surface area (Å²) in [6.07, 6.45) is 3.42. The highest BCUT2D eigenvalue weighted by Gasteiger charge is 2.19. The average Bonchev–Trinajstić information content (AvgIpc) is 3.12. The van der Waals surface area contributed by atoms with Crippen LogP contribution in [-0.2, 0) is 18.4 Å². The van der Waals surface area contributed by atoms with Gasteiger partial charge < -0.3 is 19.4 Å². The van der Waals surface area contributed by atoms with Gasteiger partial charge >= 0.3 is 0 Å². The van der Waals surface area contributed by atoms with Gasteiger partial charge in [-0.2, -0.15) is 0 Å². The molecule has 1 aromatic carbocycles. The molecule has 1 amide bonds. The number of ether oxygens (including phenoxy) is 2. The number of hydrogen-bond acceptors (Lipinski definition) is 7. The number of amides is 1. The van der Waals surface area contributed by atoms with Crippen LogP contribution in [-0.4, -0.2) is 45.1 Å². The van der Waals surface area contributed by atoms with Gasteiger partial charge in [-0.15, -0.1) is 10.2 Å². The van der Waals surface area contributed by atoms with E-state index in [1.54, 1.807) is 26.6 Å². The van der Waals surface area contributed by atoms with Gasteiger partial charge in [0.2, 0.25) is 5.91 Å². The number of carbonyl (C=O) groups is 1. The number of pyridine rings is 1. The molecule has 0 spiro atoms. The Balaban J connectivity index is 1.61. The number of nitrogens with zero attached hydrogens (tertiary/aromatic N) is 4. The summed E-state index contributed by atoms with van der Waals surface area (Å²) in [6.45, 7) is 2.24. The zero-order chi connectivity index (χ0) is 20.8. The maximum atomic E-state index is 12.5. The Hall–Kier alpha value is -3.07.